The number of halogens is 4. The number of anilines is 1. The van der Waals surface area contributed by atoms with Gasteiger partial charge in [0.25, 0.3) is 5.91 Å². The second kappa shape index (κ2) is 6.40. The summed E-state index contributed by atoms with van der Waals surface area (Å²) in [6.07, 6.45) is -5.78. The monoisotopic (exact) mass is 369 g/mol. The predicted octanol–water partition coefficient (Wildman–Crippen LogP) is 4.08. The fourth-order valence-corrected chi connectivity index (χ4v) is 2.72. The highest BCUT2D eigenvalue weighted by Gasteiger charge is 2.36. The number of cyclic esters (lactones) is 1. The van der Waals surface area contributed by atoms with Gasteiger partial charge in [-0.1, -0.05) is 29.8 Å². The lowest BCUT2D eigenvalue weighted by Gasteiger charge is -2.24. The van der Waals surface area contributed by atoms with Crippen molar-refractivity contribution in [2.24, 2.45) is 0 Å². The van der Waals surface area contributed by atoms with Crippen LogP contribution in [-0.2, 0) is 22.1 Å². The standard InChI is InChI=1S/C17H11ClF3NO3/c18-10-6-5-9-7-14(25-16(24)11(9)8-10)15(23)22-13-4-2-1-3-12(13)17(19,20)21/h1-6,8,14H,7H2,(H,22,23)/t14-/m0/s1. The van der Waals surface area contributed by atoms with Gasteiger partial charge in [-0.05, 0) is 29.8 Å². The largest absolute Gasteiger partial charge is 0.448 e. The summed E-state index contributed by atoms with van der Waals surface area (Å²) in [5.41, 5.74) is -0.576. The first-order valence-electron chi connectivity index (χ1n) is 7.22. The van der Waals surface area contributed by atoms with Crippen molar-refractivity contribution in [2.75, 3.05) is 5.32 Å². The van der Waals surface area contributed by atoms with Gasteiger partial charge in [-0.15, -0.1) is 0 Å². The Labute approximate surface area is 145 Å². The minimum absolute atomic E-state index is 0.0538. The number of rotatable bonds is 2. The van der Waals surface area contributed by atoms with Gasteiger partial charge in [0.15, 0.2) is 6.10 Å². The van der Waals surface area contributed by atoms with Crippen LogP contribution in [0.3, 0.4) is 0 Å². The summed E-state index contributed by atoms with van der Waals surface area (Å²) in [4.78, 5) is 24.3. The van der Waals surface area contributed by atoms with Gasteiger partial charge in [-0.25, -0.2) is 4.79 Å². The molecule has 1 N–H and O–H groups in total. The van der Waals surface area contributed by atoms with Crippen molar-refractivity contribution in [1.82, 2.24) is 0 Å². The van der Waals surface area contributed by atoms with Crippen LogP contribution in [0.25, 0.3) is 0 Å². The van der Waals surface area contributed by atoms with Crippen LogP contribution in [0.2, 0.25) is 5.02 Å². The number of para-hydroxylation sites is 1. The summed E-state index contributed by atoms with van der Waals surface area (Å²) in [5, 5.41) is 2.53. The summed E-state index contributed by atoms with van der Waals surface area (Å²) < 4.78 is 44.0. The molecule has 1 atom stereocenters. The number of alkyl halides is 3. The van der Waals surface area contributed by atoms with E-state index in [2.05, 4.69) is 5.32 Å². The Hall–Kier alpha value is -2.54. The molecular weight excluding hydrogens is 359 g/mol. The van der Waals surface area contributed by atoms with Crippen LogP contribution in [-0.4, -0.2) is 18.0 Å². The molecule has 130 valence electrons. The quantitative estimate of drug-likeness (QED) is 0.812. The highest BCUT2D eigenvalue weighted by molar-refractivity contribution is 6.31. The molecule has 0 spiro atoms. The van der Waals surface area contributed by atoms with E-state index < -0.39 is 35.4 Å². The summed E-state index contributed by atoms with van der Waals surface area (Å²) in [5.74, 6) is -1.57. The molecule has 1 heterocycles. The Morgan fingerprint density at radius 1 is 1.20 bits per heavy atom. The fraction of sp³-hybridized carbons (Fsp3) is 0.176. The van der Waals surface area contributed by atoms with E-state index in [9.17, 15) is 22.8 Å². The van der Waals surface area contributed by atoms with Gasteiger partial charge >= 0.3 is 12.1 Å². The molecule has 0 fully saturated rings. The van der Waals surface area contributed by atoms with Crippen molar-refractivity contribution in [3.8, 4) is 0 Å². The maximum Gasteiger partial charge on any atom is 0.418 e. The van der Waals surface area contributed by atoms with Crippen LogP contribution in [0, 0.1) is 0 Å². The molecule has 25 heavy (non-hydrogen) atoms. The van der Waals surface area contributed by atoms with E-state index in [1.807, 2.05) is 0 Å². The van der Waals surface area contributed by atoms with Gasteiger partial charge in [0.2, 0.25) is 0 Å². The zero-order valence-electron chi connectivity index (χ0n) is 12.6. The molecule has 1 aliphatic heterocycles. The number of nitrogens with one attached hydrogen (secondary N) is 1. The third-order valence-corrected chi connectivity index (χ3v) is 3.96. The molecule has 8 heteroatoms. The number of carbonyl (C=O) groups excluding carboxylic acids is 2. The summed E-state index contributed by atoms with van der Waals surface area (Å²) >= 11 is 5.81. The Morgan fingerprint density at radius 2 is 1.92 bits per heavy atom. The zero-order chi connectivity index (χ0) is 18.2. The van der Waals surface area contributed by atoms with E-state index in [1.165, 1.54) is 18.2 Å². The van der Waals surface area contributed by atoms with Crippen molar-refractivity contribution in [3.05, 3.63) is 64.2 Å². The molecule has 0 radical (unpaired) electrons. The number of amides is 1. The minimum atomic E-state index is -4.61. The van der Waals surface area contributed by atoms with E-state index in [4.69, 9.17) is 16.3 Å². The molecule has 0 aliphatic carbocycles. The Balaban J connectivity index is 1.82. The summed E-state index contributed by atoms with van der Waals surface area (Å²) in [7, 11) is 0. The molecule has 2 aromatic carbocycles. The molecule has 0 unspecified atom stereocenters. The van der Waals surface area contributed by atoms with E-state index in [0.29, 0.717) is 10.6 Å². The van der Waals surface area contributed by atoms with Crippen molar-refractivity contribution in [3.63, 3.8) is 0 Å². The Morgan fingerprint density at radius 3 is 2.64 bits per heavy atom. The number of ether oxygens (including phenoxy) is 1. The highest BCUT2D eigenvalue weighted by Crippen LogP contribution is 2.35. The zero-order valence-corrected chi connectivity index (χ0v) is 13.3. The number of carbonyl (C=O) groups is 2. The summed E-state index contributed by atoms with van der Waals surface area (Å²) in [6.45, 7) is 0. The van der Waals surface area contributed by atoms with E-state index >= 15 is 0 Å². The first-order valence-corrected chi connectivity index (χ1v) is 7.60. The first kappa shape index (κ1) is 17.3. The normalized spacial score (nSPS) is 16.8. The third-order valence-electron chi connectivity index (χ3n) is 3.73. The van der Waals surface area contributed by atoms with Gasteiger partial charge in [-0.2, -0.15) is 13.2 Å². The lowest BCUT2D eigenvalue weighted by Crippen LogP contribution is -2.38. The average molecular weight is 370 g/mol. The van der Waals surface area contributed by atoms with Gasteiger partial charge < -0.3 is 10.1 Å². The van der Waals surface area contributed by atoms with Crippen molar-refractivity contribution < 1.29 is 27.5 Å². The predicted molar refractivity (Wildman–Crippen MR) is 84.4 cm³/mol. The number of esters is 1. The van der Waals surface area contributed by atoms with Crippen LogP contribution in [0.5, 0.6) is 0 Å². The minimum Gasteiger partial charge on any atom is -0.448 e. The smallest absolute Gasteiger partial charge is 0.418 e. The lowest BCUT2D eigenvalue weighted by molar-refractivity contribution is -0.137. The number of hydrogen-bond acceptors (Lipinski definition) is 3. The molecule has 0 aromatic heterocycles. The first-order chi connectivity index (χ1) is 11.8. The van der Waals surface area contributed by atoms with Crippen molar-refractivity contribution in [2.45, 2.75) is 18.7 Å². The number of hydrogen-bond donors (Lipinski definition) is 1. The number of benzene rings is 2. The molecule has 1 aliphatic rings. The van der Waals surface area contributed by atoms with Crippen LogP contribution in [0.1, 0.15) is 21.5 Å². The highest BCUT2D eigenvalue weighted by atomic mass is 35.5. The fourth-order valence-electron chi connectivity index (χ4n) is 2.55. The molecule has 0 bridgehead atoms. The third kappa shape index (κ3) is 3.61. The Kier molecular flexibility index (Phi) is 4.43. The van der Waals surface area contributed by atoms with Gasteiger partial charge in [0, 0.05) is 11.4 Å². The maximum absolute atomic E-state index is 13.0. The molecule has 0 saturated heterocycles. The SMILES string of the molecule is O=C1O[C@H](C(=O)Nc2ccccc2C(F)(F)F)Cc2ccc(Cl)cc21. The maximum atomic E-state index is 13.0. The second-order valence-corrected chi connectivity index (χ2v) is 5.87. The van der Waals surface area contributed by atoms with Crippen LogP contribution < -0.4 is 5.32 Å². The molecule has 4 nitrogen and oxygen atoms in total. The van der Waals surface area contributed by atoms with Crippen molar-refractivity contribution in [1.29, 1.82) is 0 Å². The van der Waals surface area contributed by atoms with E-state index in [-0.39, 0.29) is 12.0 Å². The number of fused-ring (bicyclic) bond motifs is 1. The van der Waals surface area contributed by atoms with Gasteiger partial charge in [0.1, 0.15) is 0 Å². The van der Waals surface area contributed by atoms with Crippen LogP contribution >= 0.6 is 11.6 Å². The van der Waals surface area contributed by atoms with Gasteiger partial charge in [0.05, 0.1) is 16.8 Å². The average Bonchev–Trinajstić information content (AvgIpc) is 2.55. The molecule has 3 rings (SSSR count). The van der Waals surface area contributed by atoms with Crippen LogP contribution in [0.4, 0.5) is 18.9 Å². The topological polar surface area (TPSA) is 55.4 Å². The van der Waals surface area contributed by atoms with Gasteiger partial charge in [-0.3, -0.25) is 4.79 Å². The molecular formula is C17H11ClF3NO3. The molecule has 1 amide bonds. The molecule has 0 saturated carbocycles. The summed E-state index contributed by atoms with van der Waals surface area (Å²) in [6, 6.07) is 9.16. The van der Waals surface area contributed by atoms with E-state index in [1.54, 1.807) is 12.1 Å². The second-order valence-electron chi connectivity index (χ2n) is 5.43. The Bertz CT molecular complexity index is 851. The lowest BCUT2D eigenvalue weighted by atomic mass is 9.98. The van der Waals surface area contributed by atoms with Crippen LogP contribution in [0.15, 0.2) is 42.5 Å². The van der Waals surface area contributed by atoms with Crippen molar-refractivity contribution >= 4 is 29.2 Å². The van der Waals surface area contributed by atoms with E-state index in [0.717, 1.165) is 12.1 Å². The molecule has 2 aromatic rings.